The second kappa shape index (κ2) is 9.61. The Morgan fingerprint density at radius 3 is 2.38 bits per heavy atom. The van der Waals surface area contributed by atoms with E-state index in [1.165, 1.54) is 20.3 Å². The van der Waals surface area contributed by atoms with E-state index in [2.05, 4.69) is 4.74 Å². The fourth-order valence-corrected chi connectivity index (χ4v) is 4.65. The number of alkyl halides is 2. The molecule has 0 aliphatic heterocycles. The van der Waals surface area contributed by atoms with E-state index < -0.39 is 11.7 Å². The second-order valence-electron chi connectivity index (χ2n) is 7.36. The van der Waals surface area contributed by atoms with E-state index in [4.69, 9.17) is 9.47 Å². The summed E-state index contributed by atoms with van der Waals surface area (Å²) in [4.78, 5) is 9.95. The van der Waals surface area contributed by atoms with Gasteiger partial charge in [0.2, 0.25) is 0 Å². The molecule has 0 bridgehead atoms. The zero-order valence-corrected chi connectivity index (χ0v) is 19.0. The molecule has 0 radical (unpaired) electrons. The zero-order chi connectivity index (χ0) is 24.3. The molecule has 0 saturated carbocycles. The van der Waals surface area contributed by atoms with Gasteiger partial charge in [-0.15, -0.1) is 11.3 Å². The fourth-order valence-electron chi connectivity index (χ4n) is 3.50. The first-order valence-electron chi connectivity index (χ1n) is 10.1. The summed E-state index contributed by atoms with van der Waals surface area (Å²) in [5.41, 5.74) is 0.564. The Kier molecular flexibility index (Phi) is 6.61. The molecule has 4 rings (SSSR count). The van der Waals surface area contributed by atoms with E-state index >= 15 is 8.78 Å². The van der Waals surface area contributed by atoms with Crippen molar-refractivity contribution < 1.29 is 32.2 Å². The normalized spacial score (nSPS) is 11.7. The van der Waals surface area contributed by atoms with Crippen LogP contribution in [0.15, 0.2) is 66.9 Å². The van der Waals surface area contributed by atoms with Crippen LogP contribution in [-0.4, -0.2) is 13.6 Å². The number of carbonyl (C=O) groups excluding carboxylic acids is 1. The lowest BCUT2D eigenvalue weighted by Gasteiger charge is -2.19. The van der Waals surface area contributed by atoms with Gasteiger partial charge in [0.25, 0.3) is 6.47 Å². The molecular weight excluding hydrogens is 465 g/mol. The summed E-state index contributed by atoms with van der Waals surface area (Å²) in [5.74, 6) is -3.12. The van der Waals surface area contributed by atoms with E-state index in [1.807, 2.05) is 0 Å². The third-order valence-corrected chi connectivity index (χ3v) is 6.36. The van der Waals surface area contributed by atoms with Gasteiger partial charge in [-0.2, -0.15) is 8.78 Å². The maximum atomic E-state index is 15.8. The maximum absolute atomic E-state index is 15.8. The quantitative estimate of drug-likeness (QED) is 0.193. The summed E-state index contributed by atoms with van der Waals surface area (Å²) in [6.07, 6.45) is 2.80. The Morgan fingerprint density at radius 2 is 1.71 bits per heavy atom. The average molecular weight is 484 g/mol. The molecule has 0 aliphatic carbocycles. The lowest BCUT2D eigenvalue weighted by molar-refractivity contribution is -0.123. The van der Waals surface area contributed by atoms with E-state index in [1.54, 1.807) is 48.5 Å². The Morgan fingerprint density at radius 1 is 0.971 bits per heavy atom. The van der Waals surface area contributed by atoms with E-state index in [9.17, 15) is 9.18 Å². The van der Waals surface area contributed by atoms with Crippen molar-refractivity contribution in [3.8, 4) is 17.2 Å². The number of benzene rings is 3. The predicted molar refractivity (Wildman–Crippen MR) is 125 cm³/mol. The number of fused-ring (bicyclic) bond motifs is 1. The number of aryl methyl sites for hydroxylation is 1. The number of rotatable bonds is 8. The van der Waals surface area contributed by atoms with Gasteiger partial charge in [0, 0.05) is 15.6 Å². The van der Waals surface area contributed by atoms with Gasteiger partial charge in [-0.25, -0.2) is 4.39 Å². The Labute approximate surface area is 197 Å². The number of ether oxygens (including phenoxy) is 3. The highest BCUT2D eigenvalue weighted by Gasteiger charge is 2.41. The minimum absolute atomic E-state index is 0.0176. The van der Waals surface area contributed by atoms with Crippen LogP contribution in [0.3, 0.4) is 0 Å². The molecule has 8 heteroatoms. The van der Waals surface area contributed by atoms with Crippen molar-refractivity contribution >= 4 is 34.0 Å². The van der Waals surface area contributed by atoms with Crippen molar-refractivity contribution in [2.45, 2.75) is 12.8 Å². The van der Waals surface area contributed by atoms with Crippen LogP contribution in [0.1, 0.15) is 21.6 Å². The van der Waals surface area contributed by atoms with Gasteiger partial charge in [-0.3, -0.25) is 4.79 Å². The van der Waals surface area contributed by atoms with Crippen molar-refractivity contribution in [3.05, 3.63) is 94.3 Å². The van der Waals surface area contributed by atoms with Crippen LogP contribution >= 0.6 is 11.3 Å². The highest BCUT2D eigenvalue weighted by molar-refractivity contribution is 7.19. The van der Waals surface area contributed by atoms with Crippen LogP contribution < -0.4 is 9.47 Å². The van der Waals surface area contributed by atoms with Gasteiger partial charge in [-0.1, -0.05) is 12.1 Å². The molecule has 0 spiro atoms. The minimum atomic E-state index is -3.43. The van der Waals surface area contributed by atoms with Crippen LogP contribution in [0.4, 0.5) is 13.2 Å². The molecule has 4 nitrogen and oxygen atoms in total. The molecule has 0 atom stereocenters. The van der Waals surface area contributed by atoms with Crippen molar-refractivity contribution in [1.82, 2.24) is 0 Å². The third-order valence-electron chi connectivity index (χ3n) is 5.16. The number of halogens is 3. The Hall–Kier alpha value is -3.78. The van der Waals surface area contributed by atoms with Crippen LogP contribution in [0, 0.1) is 12.7 Å². The fraction of sp³-hybridized carbons (Fsp3) is 0.115. The lowest BCUT2D eigenvalue weighted by atomic mass is 10.0. The molecule has 0 unspecified atom stereocenters. The van der Waals surface area contributed by atoms with Gasteiger partial charge in [0.1, 0.15) is 22.2 Å². The van der Waals surface area contributed by atoms with Gasteiger partial charge >= 0.3 is 5.92 Å². The number of hydrogen-bond acceptors (Lipinski definition) is 5. The SMILES string of the molecule is COc1ccc2c(Oc3ccc(/C=C/OC=O)cc3)c(C(F)(F)c3ccc(F)cc3C)sc2c1. The smallest absolute Gasteiger partial charge is 0.311 e. The van der Waals surface area contributed by atoms with E-state index in [-0.39, 0.29) is 21.8 Å². The Bertz CT molecular complexity index is 1360. The Balaban J connectivity index is 1.80. The molecule has 1 aromatic heterocycles. The van der Waals surface area contributed by atoms with E-state index in [0.717, 1.165) is 35.1 Å². The van der Waals surface area contributed by atoms with Crippen LogP contribution in [-0.2, 0) is 15.5 Å². The molecule has 3 aromatic carbocycles. The van der Waals surface area contributed by atoms with Crippen LogP contribution in [0.25, 0.3) is 16.2 Å². The van der Waals surface area contributed by atoms with Gasteiger partial charge in [-0.05, 0) is 72.7 Å². The highest BCUT2D eigenvalue weighted by Crippen LogP contribution is 2.51. The number of thiophene rings is 1. The molecule has 0 aliphatic rings. The first-order chi connectivity index (χ1) is 16.3. The van der Waals surface area contributed by atoms with Gasteiger partial charge in [0.05, 0.1) is 13.4 Å². The lowest BCUT2D eigenvalue weighted by Crippen LogP contribution is -2.16. The summed E-state index contributed by atoms with van der Waals surface area (Å²) >= 11 is 0.895. The maximum Gasteiger partial charge on any atom is 0.311 e. The van der Waals surface area contributed by atoms with Crippen LogP contribution in [0.2, 0.25) is 0 Å². The molecule has 0 amide bonds. The molecule has 174 valence electrons. The predicted octanol–water partition coefficient (Wildman–Crippen LogP) is 7.43. The molecule has 0 saturated heterocycles. The first-order valence-corrected chi connectivity index (χ1v) is 10.9. The molecule has 0 N–H and O–H groups in total. The number of hydrogen-bond donors (Lipinski definition) is 0. The molecule has 34 heavy (non-hydrogen) atoms. The summed E-state index contributed by atoms with van der Waals surface area (Å²) in [7, 11) is 1.50. The highest BCUT2D eigenvalue weighted by atomic mass is 32.1. The van der Waals surface area contributed by atoms with Crippen molar-refractivity contribution in [1.29, 1.82) is 0 Å². The minimum Gasteiger partial charge on any atom is -0.497 e. The second-order valence-corrected chi connectivity index (χ2v) is 8.41. The summed E-state index contributed by atoms with van der Waals surface area (Å²) < 4.78 is 61.6. The number of carbonyl (C=O) groups is 1. The third kappa shape index (κ3) is 4.63. The summed E-state index contributed by atoms with van der Waals surface area (Å²) in [6.45, 7) is 1.75. The van der Waals surface area contributed by atoms with Crippen molar-refractivity contribution in [2.75, 3.05) is 7.11 Å². The molecular formula is C26H19F3O4S. The molecule has 1 heterocycles. The largest absolute Gasteiger partial charge is 0.497 e. The van der Waals surface area contributed by atoms with Gasteiger partial charge < -0.3 is 14.2 Å². The van der Waals surface area contributed by atoms with Gasteiger partial charge in [0.15, 0.2) is 5.75 Å². The average Bonchev–Trinajstić information content (AvgIpc) is 3.18. The standard InChI is InChI=1S/C26H19F3O4S/c1-16-13-18(27)5-10-22(16)26(28,29)25-24(21-9-8-20(31-2)14-23(21)34-25)33-19-6-3-17(4-7-19)11-12-32-15-30/h3-15H,1-2H3/b12-11+. The topological polar surface area (TPSA) is 44.8 Å². The van der Waals surface area contributed by atoms with E-state index in [0.29, 0.717) is 28.1 Å². The summed E-state index contributed by atoms with van der Waals surface area (Å²) in [5, 5.41) is 0.503. The van der Waals surface area contributed by atoms with Crippen molar-refractivity contribution in [3.63, 3.8) is 0 Å². The monoisotopic (exact) mass is 484 g/mol. The molecule has 0 fully saturated rings. The van der Waals surface area contributed by atoms with Crippen molar-refractivity contribution in [2.24, 2.45) is 0 Å². The summed E-state index contributed by atoms with van der Waals surface area (Å²) in [6, 6.07) is 14.9. The zero-order valence-electron chi connectivity index (χ0n) is 18.2. The molecule has 4 aromatic rings. The van der Waals surface area contributed by atoms with Crippen LogP contribution in [0.5, 0.6) is 17.2 Å². The first kappa shape index (κ1) is 23.4. The number of methoxy groups -OCH3 is 1.